The van der Waals surface area contributed by atoms with Gasteiger partial charge in [-0.05, 0) is 49.4 Å². The second-order valence-electron chi connectivity index (χ2n) is 6.82. The van der Waals surface area contributed by atoms with Crippen LogP contribution in [0.25, 0.3) is 10.9 Å². The smallest absolute Gasteiger partial charge is 0.263 e. The molecular formula is C21H16Cl2N4O4S2. The minimum absolute atomic E-state index is 0.0350. The number of pyridine rings is 1. The van der Waals surface area contributed by atoms with Crippen LogP contribution in [0, 0.1) is 6.92 Å². The van der Waals surface area contributed by atoms with Gasteiger partial charge < -0.3 is 10.1 Å². The Kier molecular flexibility index (Phi) is 6.71. The summed E-state index contributed by atoms with van der Waals surface area (Å²) in [5.41, 5.74) is 1.61. The summed E-state index contributed by atoms with van der Waals surface area (Å²) < 4.78 is 32.8. The van der Waals surface area contributed by atoms with E-state index in [1.54, 1.807) is 5.38 Å². The molecule has 2 heterocycles. The van der Waals surface area contributed by atoms with E-state index in [0.29, 0.717) is 21.6 Å². The lowest BCUT2D eigenvalue weighted by molar-refractivity contribution is -0.118. The molecular weight excluding hydrogens is 507 g/mol. The predicted molar refractivity (Wildman–Crippen MR) is 130 cm³/mol. The first-order valence-electron chi connectivity index (χ1n) is 9.43. The molecule has 2 aromatic heterocycles. The molecule has 4 aromatic rings. The molecule has 0 fully saturated rings. The Labute approximate surface area is 203 Å². The number of amides is 1. The van der Waals surface area contributed by atoms with Crippen molar-refractivity contribution < 1.29 is 17.9 Å². The molecule has 33 heavy (non-hydrogen) atoms. The summed E-state index contributed by atoms with van der Waals surface area (Å²) in [6.45, 7) is 1.48. The number of carbonyl (C=O) groups excluding carboxylic acids is 1. The average molecular weight is 523 g/mol. The quantitative estimate of drug-likeness (QED) is 0.348. The van der Waals surface area contributed by atoms with E-state index in [9.17, 15) is 13.2 Å². The van der Waals surface area contributed by atoms with Crippen LogP contribution in [0.1, 0.15) is 5.69 Å². The van der Waals surface area contributed by atoms with Crippen molar-refractivity contribution in [3.05, 3.63) is 69.8 Å². The summed E-state index contributed by atoms with van der Waals surface area (Å²) in [7, 11) is -3.78. The largest absolute Gasteiger partial charge is 0.480 e. The number of aryl methyl sites for hydroxylation is 1. The van der Waals surface area contributed by atoms with Crippen LogP contribution in [0.2, 0.25) is 10.0 Å². The summed E-state index contributed by atoms with van der Waals surface area (Å²) >= 11 is 13.7. The van der Waals surface area contributed by atoms with Gasteiger partial charge in [0.25, 0.3) is 15.9 Å². The minimum Gasteiger partial charge on any atom is -0.480 e. The zero-order valence-corrected chi connectivity index (χ0v) is 20.1. The highest BCUT2D eigenvalue weighted by molar-refractivity contribution is 7.93. The van der Waals surface area contributed by atoms with E-state index in [-0.39, 0.29) is 27.4 Å². The maximum atomic E-state index is 12.4. The van der Waals surface area contributed by atoms with Crippen LogP contribution in [0.15, 0.2) is 58.9 Å². The van der Waals surface area contributed by atoms with E-state index < -0.39 is 15.9 Å². The molecule has 12 heteroatoms. The fourth-order valence-corrected chi connectivity index (χ4v) is 5.29. The molecule has 2 N–H and O–H groups in total. The second-order valence-corrected chi connectivity index (χ2v) is 10.2. The maximum Gasteiger partial charge on any atom is 0.263 e. The SMILES string of the molecule is Cc1ccc2c(Cl)cc(Cl)c(OCC(=O)Nc3ccc(S(=O)(=O)Nc4nccs4)cc3)c2n1. The Morgan fingerprint density at radius 3 is 2.58 bits per heavy atom. The van der Waals surface area contributed by atoms with E-state index >= 15 is 0 Å². The summed E-state index contributed by atoms with van der Waals surface area (Å²) in [4.78, 5) is 20.8. The van der Waals surface area contributed by atoms with Gasteiger partial charge in [-0.1, -0.05) is 23.2 Å². The molecule has 0 atom stereocenters. The van der Waals surface area contributed by atoms with Gasteiger partial charge in [-0.2, -0.15) is 0 Å². The highest BCUT2D eigenvalue weighted by Crippen LogP contribution is 2.37. The number of anilines is 2. The van der Waals surface area contributed by atoms with Crippen LogP contribution in [0.4, 0.5) is 10.8 Å². The third-order valence-corrected chi connectivity index (χ3v) is 7.19. The predicted octanol–water partition coefficient (Wildman–Crippen LogP) is 5.12. The zero-order valence-electron chi connectivity index (χ0n) is 17.0. The average Bonchev–Trinajstić information content (AvgIpc) is 3.26. The van der Waals surface area contributed by atoms with Gasteiger partial charge in [0.1, 0.15) is 5.52 Å². The van der Waals surface area contributed by atoms with Crippen molar-refractivity contribution in [2.45, 2.75) is 11.8 Å². The standard InChI is InChI=1S/C21H16Cl2N4O4S2/c1-12-2-7-15-16(22)10-17(23)20(19(15)25-12)31-11-18(28)26-13-3-5-14(6-4-13)33(29,30)27-21-24-8-9-32-21/h2-10H,11H2,1H3,(H,24,27)(H,26,28). The van der Waals surface area contributed by atoms with Crippen LogP contribution in [0.5, 0.6) is 5.75 Å². The van der Waals surface area contributed by atoms with Crippen LogP contribution >= 0.6 is 34.5 Å². The molecule has 0 spiro atoms. The van der Waals surface area contributed by atoms with Crippen molar-refractivity contribution in [2.75, 3.05) is 16.6 Å². The van der Waals surface area contributed by atoms with Crippen molar-refractivity contribution in [3.8, 4) is 5.75 Å². The third kappa shape index (κ3) is 5.36. The normalized spacial score (nSPS) is 11.4. The van der Waals surface area contributed by atoms with Gasteiger partial charge in [-0.25, -0.2) is 18.4 Å². The number of nitrogens with one attached hydrogen (secondary N) is 2. The number of hydrogen-bond donors (Lipinski definition) is 2. The third-order valence-electron chi connectivity index (χ3n) is 4.43. The second kappa shape index (κ2) is 9.52. The molecule has 0 aliphatic rings. The number of nitrogens with zero attached hydrogens (tertiary/aromatic N) is 2. The Bertz CT molecular complexity index is 1430. The van der Waals surface area contributed by atoms with Crippen LogP contribution in [0.3, 0.4) is 0 Å². The van der Waals surface area contributed by atoms with Gasteiger partial charge in [0.05, 0.1) is 14.9 Å². The Morgan fingerprint density at radius 2 is 1.88 bits per heavy atom. The molecule has 0 aliphatic carbocycles. The van der Waals surface area contributed by atoms with Crippen molar-refractivity contribution >= 4 is 72.2 Å². The molecule has 0 unspecified atom stereocenters. The number of rotatable bonds is 7. The highest BCUT2D eigenvalue weighted by Gasteiger charge is 2.17. The lowest BCUT2D eigenvalue weighted by atomic mass is 10.2. The van der Waals surface area contributed by atoms with E-state index in [4.69, 9.17) is 27.9 Å². The summed E-state index contributed by atoms with van der Waals surface area (Å²) in [6, 6.07) is 10.9. The number of benzene rings is 2. The molecule has 170 valence electrons. The number of thiazole rings is 1. The van der Waals surface area contributed by atoms with E-state index in [1.165, 1.54) is 47.9 Å². The number of aromatic nitrogens is 2. The van der Waals surface area contributed by atoms with Gasteiger partial charge in [-0.3, -0.25) is 9.52 Å². The molecule has 0 saturated carbocycles. The number of sulfonamides is 1. The first-order chi connectivity index (χ1) is 15.7. The molecule has 8 nitrogen and oxygen atoms in total. The monoisotopic (exact) mass is 522 g/mol. The molecule has 1 amide bonds. The molecule has 2 aromatic carbocycles. The lowest BCUT2D eigenvalue weighted by Crippen LogP contribution is -2.20. The van der Waals surface area contributed by atoms with Crippen molar-refractivity contribution in [1.82, 2.24) is 9.97 Å². The number of hydrogen-bond acceptors (Lipinski definition) is 7. The van der Waals surface area contributed by atoms with Crippen molar-refractivity contribution in [3.63, 3.8) is 0 Å². The minimum atomic E-state index is -3.78. The Balaban J connectivity index is 1.43. The maximum absolute atomic E-state index is 12.4. The topological polar surface area (TPSA) is 110 Å². The number of carbonyl (C=O) groups is 1. The van der Waals surface area contributed by atoms with Crippen molar-refractivity contribution in [2.24, 2.45) is 0 Å². The van der Waals surface area contributed by atoms with Crippen molar-refractivity contribution in [1.29, 1.82) is 0 Å². The number of fused-ring (bicyclic) bond motifs is 1. The molecule has 0 saturated heterocycles. The fraction of sp³-hybridized carbons (Fsp3) is 0.0952. The summed E-state index contributed by atoms with van der Waals surface area (Å²) in [6.07, 6.45) is 1.50. The zero-order chi connectivity index (χ0) is 23.6. The highest BCUT2D eigenvalue weighted by atomic mass is 35.5. The molecule has 0 aliphatic heterocycles. The molecule has 4 rings (SSSR count). The Hall–Kier alpha value is -2.92. The first kappa shape index (κ1) is 23.2. The lowest BCUT2D eigenvalue weighted by Gasteiger charge is -2.12. The molecule has 0 bridgehead atoms. The van der Waals surface area contributed by atoms with Gasteiger partial charge in [-0.15, -0.1) is 11.3 Å². The van der Waals surface area contributed by atoms with Gasteiger partial charge in [0.2, 0.25) is 0 Å². The van der Waals surface area contributed by atoms with E-state index in [1.807, 2.05) is 19.1 Å². The van der Waals surface area contributed by atoms with Gasteiger partial charge in [0, 0.05) is 28.3 Å². The summed E-state index contributed by atoms with van der Waals surface area (Å²) in [5.74, 6) is -0.206. The first-order valence-corrected chi connectivity index (χ1v) is 12.6. The fourth-order valence-electron chi connectivity index (χ4n) is 2.93. The number of halogens is 2. The number of ether oxygens (including phenoxy) is 1. The molecule has 0 radical (unpaired) electrons. The Morgan fingerprint density at radius 1 is 1.12 bits per heavy atom. The van der Waals surface area contributed by atoms with Crippen LogP contribution < -0.4 is 14.8 Å². The van der Waals surface area contributed by atoms with E-state index in [0.717, 1.165) is 5.69 Å². The van der Waals surface area contributed by atoms with Gasteiger partial charge >= 0.3 is 0 Å². The van der Waals surface area contributed by atoms with Gasteiger partial charge in [0.15, 0.2) is 17.5 Å². The van der Waals surface area contributed by atoms with E-state index in [2.05, 4.69) is 20.0 Å². The van der Waals surface area contributed by atoms with Crippen LogP contribution in [-0.2, 0) is 14.8 Å². The van der Waals surface area contributed by atoms with Crippen LogP contribution in [-0.4, -0.2) is 30.9 Å². The summed E-state index contributed by atoms with van der Waals surface area (Å²) in [5, 5.41) is 5.90.